The molecule has 6 heteroatoms. The van der Waals surface area contributed by atoms with E-state index < -0.39 is 0 Å². The lowest BCUT2D eigenvalue weighted by molar-refractivity contribution is 0.692. The number of fused-ring (bicyclic) bond motifs is 1. The summed E-state index contributed by atoms with van der Waals surface area (Å²) in [5.74, 6) is 0.574. The number of aromatic nitrogens is 4. The van der Waals surface area contributed by atoms with Crippen molar-refractivity contribution in [1.82, 2.24) is 20.0 Å². The fourth-order valence-corrected chi connectivity index (χ4v) is 2.30. The summed E-state index contributed by atoms with van der Waals surface area (Å²) in [6.45, 7) is 2.62. The molecule has 0 spiro atoms. The molecule has 0 radical (unpaired) electrons. The number of anilines is 1. The predicted octanol–water partition coefficient (Wildman–Crippen LogP) is 2.46. The van der Waals surface area contributed by atoms with Gasteiger partial charge in [0.25, 0.3) is 0 Å². The van der Waals surface area contributed by atoms with E-state index in [4.69, 9.17) is 5.73 Å². The van der Waals surface area contributed by atoms with E-state index >= 15 is 0 Å². The van der Waals surface area contributed by atoms with Crippen LogP contribution in [-0.4, -0.2) is 20.0 Å². The maximum Gasteiger partial charge on any atom is 0.182 e. The molecule has 3 rings (SSSR count). The summed E-state index contributed by atoms with van der Waals surface area (Å²) in [5, 5.41) is 12.4. The lowest BCUT2D eigenvalue weighted by atomic mass is 10.2. The van der Waals surface area contributed by atoms with Gasteiger partial charge in [-0.1, -0.05) is 28.1 Å². The quantitative estimate of drug-likeness (QED) is 0.764. The number of nitrogens with one attached hydrogen (secondary N) is 1. The van der Waals surface area contributed by atoms with Crippen molar-refractivity contribution in [2.24, 2.45) is 0 Å². The molecule has 0 aliphatic carbocycles. The molecule has 18 heavy (non-hydrogen) atoms. The number of halogens is 1. The van der Waals surface area contributed by atoms with Gasteiger partial charge in [0.2, 0.25) is 0 Å². The molecule has 0 saturated heterocycles. The van der Waals surface area contributed by atoms with Crippen LogP contribution in [0.4, 0.5) is 5.82 Å². The number of aromatic amines is 1. The first kappa shape index (κ1) is 11.3. The molecule has 2 aromatic heterocycles. The molecule has 0 fully saturated rings. The lowest BCUT2D eigenvalue weighted by Gasteiger charge is -2.02. The smallest absolute Gasteiger partial charge is 0.182 e. The van der Waals surface area contributed by atoms with Crippen LogP contribution in [0.15, 0.2) is 28.7 Å². The highest BCUT2D eigenvalue weighted by Crippen LogP contribution is 2.22. The maximum absolute atomic E-state index is 5.83. The molecule has 3 aromatic rings. The number of aryl methyl sites for hydroxylation is 1. The van der Waals surface area contributed by atoms with Crippen LogP contribution in [0.3, 0.4) is 0 Å². The van der Waals surface area contributed by atoms with Crippen LogP contribution < -0.4 is 5.73 Å². The highest BCUT2D eigenvalue weighted by Gasteiger charge is 2.13. The van der Waals surface area contributed by atoms with Crippen LogP contribution in [0.1, 0.15) is 11.3 Å². The van der Waals surface area contributed by atoms with Gasteiger partial charge in [0.05, 0.1) is 17.6 Å². The Morgan fingerprint density at radius 3 is 2.78 bits per heavy atom. The molecule has 0 amide bonds. The number of hydrogen-bond donors (Lipinski definition) is 2. The molecule has 3 N–H and O–H groups in total. The van der Waals surface area contributed by atoms with Gasteiger partial charge in [-0.05, 0) is 24.6 Å². The number of nitrogens with two attached hydrogens (primary N) is 1. The Hall–Kier alpha value is -1.82. The third kappa shape index (κ3) is 1.78. The van der Waals surface area contributed by atoms with Crippen molar-refractivity contribution in [2.75, 3.05) is 5.73 Å². The molecule has 0 unspecified atom stereocenters. The second-order valence-corrected chi connectivity index (χ2v) is 5.12. The molecule has 0 aliphatic rings. The summed E-state index contributed by atoms with van der Waals surface area (Å²) in [6.07, 6.45) is 0. The van der Waals surface area contributed by atoms with E-state index in [1.165, 1.54) is 5.56 Å². The molecule has 92 valence electrons. The highest BCUT2D eigenvalue weighted by atomic mass is 79.9. The van der Waals surface area contributed by atoms with E-state index in [9.17, 15) is 0 Å². The van der Waals surface area contributed by atoms with Crippen molar-refractivity contribution in [3.8, 4) is 0 Å². The molecule has 2 heterocycles. The van der Waals surface area contributed by atoms with Gasteiger partial charge in [-0.3, -0.25) is 5.10 Å². The lowest BCUT2D eigenvalue weighted by Crippen LogP contribution is -2.02. The molecule has 5 nitrogen and oxygen atoms in total. The van der Waals surface area contributed by atoms with Gasteiger partial charge in [-0.2, -0.15) is 10.2 Å². The van der Waals surface area contributed by atoms with Gasteiger partial charge in [-0.25, -0.2) is 4.68 Å². The number of hydrogen-bond acceptors (Lipinski definition) is 3. The largest absolute Gasteiger partial charge is 0.383 e. The summed E-state index contributed by atoms with van der Waals surface area (Å²) in [6, 6.07) is 8.15. The Morgan fingerprint density at radius 1 is 1.33 bits per heavy atom. The first-order chi connectivity index (χ1) is 8.65. The molecule has 0 atom stereocenters. The molecular formula is C12H12BrN5. The number of H-pyrrole nitrogens is 1. The summed E-state index contributed by atoms with van der Waals surface area (Å²) in [7, 11) is 0. The van der Waals surface area contributed by atoms with E-state index in [1.54, 1.807) is 0 Å². The first-order valence-electron chi connectivity index (χ1n) is 5.56. The van der Waals surface area contributed by atoms with Gasteiger partial charge in [0, 0.05) is 4.47 Å². The molecule has 0 aliphatic heterocycles. The third-order valence-electron chi connectivity index (χ3n) is 2.90. The van der Waals surface area contributed by atoms with Crippen LogP contribution in [0, 0.1) is 6.92 Å². The second kappa shape index (κ2) is 4.13. The molecule has 0 bridgehead atoms. The van der Waals surface area contributed by atoms with Crippen molar-refractivity contribution in [3.63, 3.8) is 0 Å². The topological polar surface area (TPSA) is 72.5 Å². The van der Waals surface area contributed by atoms with Gasteiger partial charge in [-0.15, -0.1) is 0 Å². The fraction of sp³-hybridized carbons (Fsp3) is 0.167. The number of nitrogens with zero attached hydrogens (tertiary/aromatic N) is 3. The summed E-state index contributed by atoms with van der Waals surface area (Å²) >= 11 is 3.42. The van der Waals surface area contributed by atoms with Crippen molar-refractivity contribution in [3.05, 3.63) is 40.0 Å². The average Bonchev–Trinajstić information content (AvgIpc) is 2.86. The number of rotatable bonds is 2. The minimum Gasteiger partial charge on any atom is -0.383 e. The van der Waals surface area contributed by atoms with Crippen LogP contribution in [-0.2, 0) is 6.54 Å². The zero-order valence-electron chi connectivity index (χ0n) is 9.81. The average molecular weight is 306 g/mol. The Balaban J connectivity index is 2.02. The minimum absolute atomic E-state index is 0.574. The minimum atomic E-state index is 0.574. The zero-order chi connectivity index (χ0) is 12.7. The van der Waals surface area contributed by atoms with E-state index in [0.717, 1.165) is 21.2 Å². The molecule has 0 saturated carbocycles. The zero-order valence-corrected chi connectivity index (χ0v) is 11.4. The highest BCUT2D eigenvalue weighted by molar-refractivity contribution is 9.10. The van der Waals surface area contributed by atoms with Gasteiger partial charge in [0.15, 0.2) is 5.65 Å². The Morgan fingerprint density at radius 2 is 2.06 bits per heavy atom. The van der Waals surface area contributed by atoms with E-state index in [2.05, 4.69) is 43.4 Å². The van der Waals surface area contributed by atoms with Crippen molar-refractivity contribution < 1.29 is 0 Å². The Labute approximate surface area is 112 Å². The molecular weight excluding hydrogens is 294 g/mol. The van der Waals surface area contributed by atoms with Crippen LogP contribution >= 0.6 is 15.9 Å². The SMILES string of the molecule is Cc1nn(Cc2ccc(Br)cc2)c2n[nH]c(N)c12. The van der Waals surface area contributed by atoms with Crippen LogP contribution in [0.2, 0.25) is 0 Å². The Kier molecular flexibility index (Phi) is 2.59. The summed E-state index contributed by atoms with van der Waals surface area (Å²) < 4.78 is 2.93. The predicted molar refractivity (Wildman–Crippen MR) is 74.3 cm³/mol. The van der Waals surface area contributed by atoms with E-state index in [1.807, 2.05) is 23.7 Å². The number of benzene rings is 1. The standard InChI is InChI=1S/C12H12BrN5/c1-7-10-11(14)15-16-12(10)18(17-7)6-8-2-4-9(13)5-3-8/h2-5H,6H2,1H3,(H3,14,15,16). The first-order valence-corrected chi connectivity index (χ1v) is 6.36. The fourth-order valence-electron chi connectivity index (χ4n) is 2.04. The monoisotopic (exact) mass is 305 g/mol. The van der Waals surface area contributed by atoms with Crippen molar-refractivity contribution >= 4 is 32.8 Å². The Bertz CT molecular complexity index is 695. The normalized spacial score (nSPS) is 11.2. The maximum atomic E-state index is 5.83. The van der Waals surface area contributed by atoms with Gasteiger partial charge in [0.1, 0.15) is 5.82 Å². The summed E-state index contributed by atoms with van der Waals surface area (Å²) in [4.78, 5) is 0. The third-order valence-corrected chi connectivity index (χ3v) is 3.43. The van der Waals surface area contributed by atoms with Crippen LogP contribution in [0.5, 0.6) is 0 Å². The van der Waals surface area contributed by atoms with Crippen LogP contribution in [0.25, 0.3) is 11.0 Å². The van der Waals surface area contributed by atoms with E-state index in [0.29, 0.717) is 12.4 Å². The van der Waals surface area contributed by atoms with E-state index in [-0.39, 0.29) is 0 Å². The van der Waals surface area contributed by atoms with Crippen molar-refractivity contribution in [2.45, 2.75) is 13.5 Å². The van der Waals surface area contributed by atoms with Gasteiger partial charge < -0.3 is 5.73 Å². The molecule has 1 aromatic carbocycles. The van der Waals surface area contributed by atoms with Gasteiger partial charge >= 0.3 is 0 Å². The number of nitrogen functional groups attached to an aromatic ring is 1. The summed E-state index contributed by atoms with van der Waals surface area (Å²) in [5.41, 5.74) is 8.69. The second-order valence-electron chi connectivity index (χ2n) is 4.21. The van der Waals surface area contributed by atoms with Crippen molar-refractivity contribution in [1.29, 1.82) is 0 Å².